The first-order chi connectivity index (χ1) is 6.83. The summed E-state index contributed by atoms with van der Waals surface area (Å²) < 4.78 is 6.06. The van der Waals surface area contributed by atoms with Crippen molar-refractivity contribution in [1.82, 2.24) is 0 Å². The zero-order valence-corrected chi connectivity index (χ0v) is 12.0. The Morgan fingerprint density at radius 2 is 1.80 bits per heavy atom. The van der Waals surface area contributed by atoms with Gasteiger partial charge in [0.15, 0.2) is 8.32 Å². The summed E-state index contributed by atoms with van der Waals surface area (Å²) in [6, 6.07) is 1.22. The van der Waals surface area contributed by atoms with Gasteiger partial charge >= 0.3 is 0 Å². The minimum Gasteiger partial charge on any atom is -0.402 e. The van der Waals surface area contributed by atoms with Crippen molar-refractivity contribution in [2.24, 2.45) is 0 Å². The van der Waals surface area contributed by atoms with Gasteiger partial charge in [-0.05, 0) is 33.0 Å². The van der Waals surface area contributed by atoms with E-state index < -0.39 is 8.32 Å². The van der Waals surface area contributed by atoms with Crippen LogP contribution in [0.2, 0.25) is 19.1 Å². The molecule has 0 fully saturated rings. The van der Waals surface area contributed by atoms with Gasteiger partial charge < -0.3 is 4.43 Å². The molecule has 0 saturated carbocycles. The Labute approximate surface area is 96.7 Å². The van der Waals surface area contributed by atoms with Crippen LogP contribution in [-0.4, -0.2) is 13.9 Å². The van der Waals surface area contributed by atoms with Crippen LogP contribution in [-0.2, 0) is 4.43 Å². The monoisotopic (exact) mass is 226 g/mol. The lowest BCUT2D eigenvalue weighted by Gasteiger charge is -2.31. The highest BCUT2D eigenvalue weighted by atomic mass is 28.4. The summed E-state index contributed by atoms with van der Waals surface area (Å²) in [5.74, 6) is 2.71. The molecule has 0 saturated heterocycles. The fourth-order valence-corrected chi connectivity index (χ4v) is 4.39. The molecule has 0 aliphatic heterocycles. The molecule has 0 amide bonds. The standard InChI is InChI=1S/C13H26OSi/c1-7-9-10-11-12-15(5,6)14-13(3,4)8-2/h2H,7,9-12H2,1,3-6H3. The summed E-state index contributed by atoms with van der Waals surface area (Å²) in [5, 5.41) is 0. The second-order valence-corrected chi connectivity index (χ2v) is 9.55. The maximum Gasteiger partial charge on any atom is 0.188 e. The van der Waals surface area contributed by atoms with E-state index in [-0.39, 0.29) is 5.60 Å². The van der Waals surface area contributed by atoms with Crippen LogP contribution in [0.1, 0.15) is 46.5 Å². The molecule has 0 N–H and O–H groups in total. The average Bonchev–Trinajstić information content (AvgIpc) is 2.11. The molecule has 2 heteroatoms. The largest absolute Gasteiger partial charge is 0.402 e. The molecule has 1 nitrogen and oxygen atoms in total. The normalized spacial score (nSPS) is 12.5. The molecular formula is C13H26OSi. The number of unbranched alkanes of at least 4 members (excludes halogenated alkanes) is 3. The van der Waals surface area contributed by atoms with Gasteiger partial charge in [0.1, 0.15) is 5.60 Å². The summed E-state index contributed by atoms with van der Waals surface area (Å²) in [7, 11) is -1.55. The fourth-order valence-electron chi connectivity index (χ4n) is 1.75. The van der Waals surface area contributed by atoms with E-state index in [0.717, 1.165) is 0 Å². The van der Waals surface area contributed by atoms with E-state index in [1.54, 1.807) is 0 Å². The molecule has 0 atom stereocenters. The van der Waals surface area contributed by atoms with E-state index in [4.69, 9.17) is 10.8 Å². The Hall–Kier alpha value is -0.263. The first kappa shape index (κ1) is 14.7. The summed E-state index contributed by atoms with van der Waals surface area (Å²) in [6.07, 6.45) is 10.7. The molecule has 0 unspecified atom stereocenters. The second kappa shape index (κ2) is 6.35. The van der Waals surface area contributed by atoms with E-state index in [1.807, 2.05) is 13.8 Å². The third kappa shape index (κ3) is 7.64. The molecule has 88 valence electrons. The highest BCUT2D eigenvalue weighted by molar-refractivity contribution is 6.71. The number of rotatable bonds is 7. The molecule has 0 aliphatic carbocycles. The SMILES string of the molecule is C#CC(C)(C)O[Si](C)(C)CCCCCC. The third-order valence-electron chi connectivity index (χ3n) is 2.51. The number of hydrogen-bond acceptors (Lipinski definition) is 1. The van der Waals surface area contributed by atoms with Crippen molar-refractivity contribution in [1.29, 1.82) is 0 Å². The van der Waals surface area contributed by atoms with Gasteiger partial charge in [0.25, 0.3) is 0 Å². The summed E-state index contributed by atoms with van der Waals surface area (Å²) in [6.45, 7) is 10.7. The van der Waals surface area contributed by atoms with Gasteiger partial charge in [-0.15, -0.1) is 6.42 Å². The van der Waals surface area contributed by atoms with Crippen molar-refractivity contribution in [3.8, 4) is 12.3 Å². The van der Waals surface area contributed by atoms with Gasteiger partial charge in [-0.2, -0.15) is 0 Å². The maximum atomic E-state index is 6.06. The van der Waals surface area contributed by atoms with E-state index >= 15 is 0 Å². The Bertz CT molecular complexity index is 213. The molecule has 0 spiro atoms. The van der Waals surface area contributed by atoms with Crippen LogP contribution in [0, 0.1) is 12.3 Å². The van der Waals surface area contributed by atoms with Gasteiger partial charge in [0.2, 0.25) is 0 Å². The Morgan fingerprint density at radius 1 is 1.20 bits per heavy atom. The van der Waals surface area contributed by atoms with E-state index in [0.29, 0.717) is 0 Å². The smallest absolute Gasteiger partial charge is 0.188 e. The van der Waals surface area contributed by atoms with Crippen LogP contribution < -0.4 is 0 Å². The number of terminal acetylenes is 1. The van der Waals surface area contributed by atoms with Crippen LogP contribution in [0.5, 0.6) is 0 Å². The third-order valence-corrected chi connectivity index (χ3v) is 5.13. The molecule has 0 rings (SSSR count). The lowest BCUT2D eigenvalue weighted by molar-refractivity contribution is 0.161. The van der Waals surface area contributed by atoms with Gasteiger partial charge in [0.05, 0.1) is 0 Å². The summed E-state index contributed by atoms with van der Waals surface area (Å²) in [5.41, 5.74) is -0.388. The van der Waals surface area contributed by atoms with Crippen LogP contribution >= 0.6 is 0 Å². The minimum atomic E-state index is -1.55. The van der Waals surface area contributed by atoms with Crippen molar-refractivity contribution in [2.75, 3.05) is 0 Å². The van der Waals surface area contributed by atoms with Gasteiger partial charge in [-0.3, -0.25) is 0 Å². The summed E-state index contributed by atoms with van der Waals surface area (Å²) >= 11 is 0. The molecule has 0 aromatic heterocycles. The Balaban J connectivity index is 3.92. The zero-order valence-electron chi connectivity index (χ0n) is 11.0. The van der Waals surface area contributed by atoms with Gasteiger partial charge in [0, 0.05) is 0 Å². The molecule has 0 radical (unpaired) electrons. The Kier molecular flexibility index (Phi) is 6.24. The van der Waals surface area contributed by atoms with Crippen LogP contribution in [0.25, 0.3) is 0 Å². The fraction of sp³-hybridized carbons (Fsp3) is 0.846. The first-order valence-electron chi connectivity index (χ1n) is 6.01. The quantitative estimate of drug-likeness (QED) is 0.359. The zero-order chi connectivity index (χ0) is 11.9. The molecule has 0 bridgehead atoms. The molecule has 0 heterocycles. The summed E-state index contributed by atoms with van der Waals surface area (Å²) in [4.78, 5) is 0. The lowest BCUT2D eigenvalue weighted by atomic mass is 10.2. The van der Waals surface area contributed by atoms with E-state index in [1.165, 1.54) is 31.7 Å². The molecule has 0 aromatic carbocycles. The van der Waals surface area contributed by atoms with E-state index in [2.05, 4.69) is 25.9 Å². The minimum absolute atomic E-state index is 0.388. The van der Waals surface area contributed by atoms with Crippen molar-refractivity contribution in [3.63, 3.8) is 0 Å². The second-order valence-electron chi connectivity index (χ2n) is 5.33. The van der Waals surface area contributed by atoms with Gasteiger partial charge in [-0.1, -0.05) is 38.5 Å². The molecule has 0 aliphatic rings. The van der Waals surface area contributed by atoms with Crippen molar-refractivity contribution >= 4 is 8.32 Å². The van der Waals surface area contributed by atoms with Crippen molar-refractivity contribution < 1.29 is 4.43 Å². The van der Waals surface area contributed by atoms with Crippen LogP contribution in [0.4, 0.5) is 0 Å². The molecular weight excluding hydrogens is 200 g/mol. The lowest BCUT2D eigenvalue weighted by Crippen LogP contribution is -2.39. The predicted molar refractivity (Wildman–Crippen MR) is 70.4 cm³/mol. The highest BCUT2D eigenvalue weighted by Gasteiger charge is 2.29. The highest BCUT2D eigenvalue weighted by Crippen LogP contribution is 2.22. The first-order valence-corrected chi connectivity index (χ1v) is 9.12. The molecule has 0 aromatic rings. The predicted octanol–water partition coefficient (Wildman–Crippen LogP) is 4.20. The number of hydrogen-bond donors (Lipinski definition) is 0. The average molecular weight is 226 g/mol. The van der Waals surface area contributed by atoms with Crippen molar-refractivity contribution in [2.45, 2.75) is 71.2 Å². The Morgan fingerprint density at radius 3 is 2.27 bits per heavy atom. The maximum absolute atomic E-state index is 6.06. The van der Waals surface area contributed by atoms with E-state index in [9.17, 15) is 0 Å². The van der Waals surface area contributed by atoms with Crippen LogP contribution in [0.3, 0.4) is 0 Å². The van der Waals surface area contributed by atoms with Crippen LogP contribution in [0.15, 0.2) is 0 Å². The van der Waals surface area contributed by atoms with Crippen molar-refractivity contribution in [3.05, 3.63) is 0 Å². The molecule has 15 heavy (non-hydrogen) atoms. The topological polar surface area (TPSA) is 9.23 Å². The van der Waals surface area contributed by atoms with Gasteiger partial charge in [-0.25, -0.2) is 0 Å².